The summed E-state index contributed by atoms with van der Waals surface area (Å²) < 4.78 is 18.8. The number of hydrogen-bond donors (Lipinski definition) is 1. The molecule has 0 saturated heterocycles. The summed E-state index contributed by atoms with van der Waals surface area (Å²) in [5, 5.41) is 9.69. The molecule has 0 bridgehead atoms. The maximum atomic E-state index is 13.3. The fraction of sp³-hybridized carbons (Fsp3) is 0.250. The minimum Gasteiger partial charge on any atom is -0.475 e. The van der Waals surface area contributed by atoms with Gasteiger partial charge >= 0.3 is 5.97 Å². The summed E-state index contributed by atoms with van der Waals surface area (Å²) in [6, 6.07) is 2.74. The molecule has 0 atom stereocenters. The molecule has 5 heteroatoms. The third-order valence-corrected chi connectivity index (χ3v) is 3.15. The Kier molecular flexibility index (Phi) is 2.95. The Morgan fingerprint density at radius 2 is 2.12 bits per heavy atom. The molecule has 0 unspecified atom stereocenters. The number of carbonyl (C=O) groups is 1. The van der Waals surface area contributed by atoms with Gasteiger partial charge in [-0.05, 0) is 27.9 Å². The third-order valence-electron chi connectivity index (χ3n) is 2.54. The lowest BCUT2D eigenvalue weighted by atomic mass is 9.99. The zero-order valence-electron chi connectivity index (χ0n) is 9.25. The molecule has 1 N–H and O–H groups in total. The van der Waals surface area contributed by atoms with Crippen LogP contribution in [0, 0.1) is 5.82 Å². The Balaban J connectivity index is 2.85. The van der Waals surface area contributed by atoms with E-state index in [1.165, 1.54) is 6.07 Å². The van der Waals surface area contributed by atoms with E-state index in [-0.39, 0.29) is 17.3 Å². The second kappa shape index (κ2) is 4.14. The van der Waals surface area contributed by atoms with E-state index in [0.717, 1.165) is 0 Å². The van der Waals surface area contributed by atoms with Crippen LogP contribution in [0.4, 0.5) is 4.39 Å². The van der Waals surface area contributed by atoms with Gasteiger partial charge in [-0.25, -0.2) is 9.18 Å². The molecule has 3 nitrogen and oxygen atoms in total. The molecule has 0 aliphatic carbocycles. The molecular weight excluding hydrogens is 291 g/mol. The Morgan fingerprint density at radius 1 is 1.47 bits per heavy atom. The van der Waals surface area contributed by atoms with Crippen LogP contribution in [0.15, 0.2) is 21.0 Å². The molecule has 0 fully saturated rings. The molecule has 1 aromatic carbocycles. The minimum absolute atomic E-state index is 0.0142. The van der Waals surface area contributed by atoms with E-state index >= 15 is 0 Å². The molecule has 0 saturated carbocycles. The van der Waals surface area contributed by atoms with Crippen LogP contribution >= 0.6 is 15.9 Å². The van der Waals surface area contributed by atoms with E-state index in [4.69, 9.17) is 9.52 Å². The number of fused-ring (bicyclic) bond motifs is 1. The zero-order valence-corrected chi connectivity index (χ0v) is 10.8. The van der Waals surface area contributed by atoms with Crippen LogP contribution in [-0.2, 0) is 0 Å². The number of carboxylic acid groups (broad SMARTS) is 1. The molecule has 2 aromatic rings. The van der Waals surface area contributed by atoms with Gasteiger partial charge in [0.05, 0.1) is 4.47 Å². The summed E-state index contributed by atoms with van der Waals surface area (Å²) in [6.07, 6.45) is 0. The molecule has 0 spiro atoms. The van der Waals surface area contributed by atoms with Crippen molar-refractivity contribution in [1.82, 2.24) is 0 Å². The van der Waals surface area contributed by atoms with Crippen molar-refractivity contribution in [2.75, 3.05) is 0 Å². The van der Waals surface area contributed by atoms with Crippen LogP contribution in [0.1, 0.15) is 35.9 Å². The van der Waals surface area contributed by atoms with Gasteiger partial charge in [0.15, 0.2) is 0 Å². The number of benzene rings is 1. The zero-order chi connectivity index (χ0) is 12.7. The Bertz CT molecular complexity index is 601. The molecule has 0 aliphatic heterocycles. The lowest BCUT2D eigenvalue weighted by Crippen LogP contribution is -2.00. The van der Waals surface area contributed by atoms with E-state index in [9.17, 15) is 9.18 Å². The summed E-state index contributed by atoms with van der Waals surface area (Å²) in [5.41, 5.74) is 0.847. The van der Waals surface area contributed by atoms with Gasteiger partial charge in [0.25, 0.3) is 0 Å². The Hall–Kier alpha value is -1.36. The smallest absolute Gasteiger partial charge is 0.372 e. The molecule has 0 aliphatic rings. The van der Waals surface area contributed by atoms with Gasteiger partial charge in [-0.1, -0.05) is 13.8 Å². The molecule has 1 aromatic heterocycles. The molecule has 0 amide bonds. The number of carboxylic acids is 1. The van der Waals surface area contributed by atoms with Crippen molar-refractivity contribution in [3.05, 3.63) is 33.7 Å². The maximum Gasteiger partial charge on any atom is 0.372 e. The van der Waals surface area contributed by atoms with Crippen molar-refractivity contribution in [2.24, 2.45) is 0 Å². The van der Waals surface area contributed by atoms with Crippen LogP contribution in [0.2, 0.25) is 0 Å². The minimum atomic E-state index is -1.14. The lowest BCUT2D eigenvalue weighted by Gasteiger charge is -2.03. The van der Waals surface area contributed by atoms with Crippen LogP contribution < -0.4 is 0 Å². The first-order valence-electron chi connectivity index (χ1n) is 5.06. The number of halogens is 2. The predicted octanol–water partition coefficient (Wildman–Crippen LogP) is 4.16. The molecule has 2 rings (SSSR count). The summed E-state index contributed by atoms with van der Waals surface area (Å²) in [5.74, 6) is -1.74. The SMILES string of the molecule is CC(C)c1c(C(=O)O)oc2cc(F)c(Br)cc12. The molecule has 90 valence electrons. The first kappa shape index (κ1) is 12.1. The van der Waals surface area contributed by atoms with Crippen LogP contribution in [0.25, 0.3) is 11.0 Å². The van der Waals surface area contributed by atoms with Crippen molar-refractivity contribution >= 4 is 32.9 Å². The second-order valence-corrected chi connectivity index (χ2v) is 4.92. The number of hydrogen-bond acceptors (Lipinski definition) is 2. The van der Waals surface area contributed by atoms with Crippen molar-refractivity contribution in [1.29, 1.82) is 0 Å². The first-order chi connectivity index (χ1) is 7.91. The van der Waals surface area contributed by atoms with Gasteiger partial charge < -0.3 is 9.52 Å². The van der Waals surface area contributed by atoms with Gasteiger partial charge in [-0.2, -0.15) is 0 Å². The highest BCUT2D eigenvalue weighted by atomic mass is 79.9. The fourth-order valence-electron chi connectivity index (χ4n) is 1.84. The number of rotatable bonds is 2. The van der Waals surface area contributed by atoms with E-state index < -0.39 is 11.8 Å². The van der Waals surface area contributed by atoms with E-state index in [0.29, 0.717) is 15.4 Å². The van der Waals surface area contributed by atoms with Gasteiger partial charge in [0, 0.05) is 17.0 Å². The highest BCUT2D eigenvalue weighted by Crippen LogP contribution is 2.34. The Labute approximate surface area is 105 Å². The lowest BCUT2D eigenvalue weighted by molar-refractivity contribution is 0.0662. The number of aromatic carboxylic acids is 1. The third kappa shape index (κ3) is 1.95. The average Bonchev–Trinajstić information content (AvgIpc) is 2.57. The Morgan fingerprint density at radius 3 is 2.65 bits per heavy atom. The van der Waals surface area contributed by atoms with Crippen molar-refractivity contribution < 1.29 is 18.7 Å². The monoisotopic (exact) mass is 300 g/mol. The van der Waals surface area contributed by atoms with Crippen molar-refractivity contribution in [2.45, 2.75) is 19.8 Å². The predicted molar refractivity (Wildman–Crippen MR) is 64.9 cm³/mol. The van der Waals surface area contributed by atoms with Gasteiger partial charge in [-0.3, -0.25) is 0 Å². The second-order valence-electron chi connectivity index (χ2n) is 4.07. The van der Waals surface area contributed by atoms with Gasteiger partial charge in [-0.15, -0.1) is 0 Å². The van der Waals surface area contributed by atoms with Gasteiger partial charge in [0.2, 0.25) is 5.76 Å². The molecule has 17 heavy (non-hydrogen) atoms. The average molecular weight is 301 g/mol. The highest BCUT2D eigenvalue weighted by molar-refractivity contribution is 9.10. The number of furan rings is 1. The van der Waals surface area contributed by atoms with E-state index in [1.807, 2.05) is 13.8 Å². The van der Waals surface area contributed by atoms with Crippen molar-refractivity contribution in [3.63, 3.8) is 0 Å². The quantitative estimate of drug-likeness (QED) is 0.906. The van der Waals surface area contributed by atoms with Crippen LogP contribution in [0.3, 0.4) is 0 Å². The highest BCUT2D eigenvalue weighted by Gasteiger charge is 2.23. The standard InChI is InChI=1S/C12H10BrFO3/c1-5(2)10-6-3-7(13)8(14)4-9(6)17-11(10)12(15)16/h3-5H,1-2H3,(H,15,16). The summed E-state index contributed by atoms with van der Waals surface area (Å²) in [7, 11) is 0. The normalized spacial score (nSPS) is 11.4. The summed E-state index contributed by atoms with van der Waals surface area (Å²) >= 11 is 3.08. The largest absolute Gasteiger partial charge is 0.475 e. The maximum absolute atomic E-state index is 13.3. The summed E-state index contributed by atoms with van der Waals surface area (Å²) in [6.45, 7) is 3.74. The van der Waals surface area contributed by atoms with E-state index in [2.05, 4.69) is 15.9 Å². The van der Waals surface area contributed by atoms with E-state index in [1.54, 1.807) is 6.07 Å². The van der Waals surface area contributed by atoms with Gasteiger partial charge in [0.1, 0.15) is 11.4 Å². The summed E-state index contributed by atoms with van der Waals surface area (Å²) in [4.78, 5) is 11.1. The fourth-order valence-corrected chi connectivity index (χ4v) is 2.19. The first-order valence-corrected chi connectivity index (χ1v) is 5.86. The van der Waals surface area contributed by atoms with Crippen molar-refractivity contribution in [3.8, 4) is 0 Å². The molecule has 1 heterocycles. The van der Waals surface area contributed by atoms with Crippen LogP contribution in [-0.4, -0.2) is 11.1 Å². The topological polar surface area (TPSA) is 50.4 Å². The van der Waals surface area contributed by atoms with Crippen LogP contribution in [0.5, 0.6) is 0 Å². The molecular formula is C12H10BrFO3. The molecule has 0 radical (unpaired) electrons.